The fourth-order valence-corrected chi connectivity index (χ4v) is 2.23. The molecule has 2 fully saturated rings. The van der Waals surface area contributed by atoms with E-state index < -0.39 is 11.7 Å². The standard InChI is InChI=1S/C14H22N2O4/c1-14(2,3)20-13(18)15-11-8-10(9-11)12(17)16-4-6-19-7-5-16/h10H,4-9H2,1-3H3. The van der Waals surface area contributed by atoms with Gasteiger partial charge < -0.3 is 14.4 Å². The number of carbonyl (C=O) groups is 2. The molecule has 0 N–H and O–H groups in total. The molecule has 112 valence electrons. The third kappa shape index (κ3) is 4.03. The lowest BCUT2D eigenvalue weighted by molar-refractivity contribution is -0.140. The number of carbonyl (C=O) groups excluding carboxylic acids is 2. The number of ether oxygens (including phenoxy) is 2. The Balaban J connectivity index is 1.78. The minimum Gasteiger partial charge on any atom is -0.442 e. The van der Waals surface area contributed by atoms with Crippen molar-refractivity contribution in [2.24, 2.45) is 10.9 Å². The van der Waals surface area contributed by atoms with Gasteiger partial charge in [-0.3, -0.25) is 4.79 Å². The molecule has 0 unspecified atom stereocenters. The summed E-state index contributed by atoms with van der Waals surface area (Å²) in [4.78, 5) is 29.4. The molecule has 2 aliphatic rings. The molecule has 0 atom stereocenters. The lowest BCUT2D eigenvalue weighted by atomic mass is 9.82. The van der Waals surface area contributed by atoms with Crippen molar-refractivity contribution < 1.29 is 19.1 Å². The van der Waals surface area contributed by atoms with Crippen LogP contribution in [-0.4, -0.2) is 54.5 Å². The summed E-state index contributed by atoms with van der Waals surface area (Å²) in [6.45, 7) is 7.94. The van der Waals surface area contributed by atoms with E-state index in [4.69, 9.17) is 9.47 Å². The van der Waals surface area contributed by atoms with Crippen LogP contribution in [0.3, 0.4) is 0 Å². The number of morpholine rings is 1. The molecule has 1 saturated carbocycles. The summed E-state index contributed by atoms with van der Waals surface area (Å²) in [5, 5.41) is 0. The molecule has 0 aromatic heterocycles. The first-order valence-electron chi connectivity index (χ1n) is 7.01. The highest BCUT2D eigenvalue weighted by molar-refractivity contribution is 6.03. The Morgan fingerprint density at radius 1 is 1.25 bits per heavy atom. The topological polar surface area (TPSA) is 68.2 Å². The Bertz CT molecular complexity index is 411. The van der Waals surface area contributed by atoms with Gasteiger partial charge >= 0.3 is 6.09 Å². The van der Waals surface area contributed by atoms with Gasteiger partial charge in [0.05, 0.1) is 13.2 Å². The van der Waals surface area contributed by atoms with Crippen molar-refractivity contribution in [3.8, 4) is 0 Å². The van der Waals surface area contributed by atoms with E-state index in [1.807, 2.05) is 4.90 Å². The minimum absolute atomic E-state index is 0.0331. The zero-order valence-electron chi connectivity index (χ0n) is 12.3. The smallest absolute Gasteiger partial charge is 0.434 e. The summed E-state index contributed by atoms with van der Waals surface area (Å²) in [5.41, 5.74) is 0.222. The molecule has 1 aliphatic heterocycles. The van der Waals surface area contributed by atoms with E-state index in [0.29, 0.717) is 39.1 Å². The molecule has 6 heteroatoms. The maximum absolute atomic E-state index is 12.1. The van der Waals surface area contributed by atoms with Crippen LogP contribution in [0.5, 0.6) is 0 Å². The number of nitrogens with zero attached hydrogens (tertiary/aromatic N) is 2. The Labute approximate surface area is 119 Å². The Morgan fingerprint density at radius 2 is 1.85 bits per heavy atom. The molecule has 6 nitrogen and oxygen atoms in total. The number of amides is 2. The largest absolute Gasteiger partial charge is 0.442 e. The van der Waals surface area contributed by atoms with Gasteiger partial charge in [0.1, 0.15) is 5.60 Å². The van der Waals surface area contributed by atoms with Crippen LogP contribution in [0.1, 0.15) is 33.6 Å². The molecule has 0 spiro atoms. The normalized spacial score (nSPS) is 23.1. The van der Waals surface area contributed by atoms with Crippen LogP contribution in [0, 0.1) is 5.92 Å². The Kier molecular flexibility index (Phi) is 4.42. The SMILES string of the molecule is CC(C)(C)OC(=O)N=C1CC(C(=O)N2CCOCC2)C1. The van der Waals surface area contributed by atoms with Gasteiger partial charge in [-0.15, -0.1) is 0 Å². The van der Waals surface area contributed by atoms with Crippen LogP contribution >= 0.6 is 0 Å². The zero-order chi connectivity index (χ0) is 14.8. The van der Waals surface area contributed by atoms with E-state index in [-0.39, 0.29) is 11.8 Å². The van der Waals surface area contributed by atoms with Crippen LogP contribution in [0.25, 0.3) is 0 Å². The Hall–Kier alpha value is -1.43. The predicted octanol–water partition coefficient (Wildman–Crippen LogP) is 1.63. The second-order valence-electron chi connectivity index (χ2n) is 6.20. The lowest BCUT2D eigenvalue weighted by Crippen LogP contribution is -2.47. The molecule has 0 bridgehead atoms. The fourth-order valence-electron chi connectivity index (χ4n) is 2.23. The molecule has 20 heavy (non-hydrogen) atoms. The lowest BCUT2D eigenvalue weighted by Gasteiger charge is -2.34. The number of hydrogen-bond donors (Lipinski definition) is 0. The summed E-state index contributed by atoms with van der Waals surface area (Å²) in [7, 11) is 0. The van der Waals surface area contributed by atoms with Crippen molar-refractivity contribution in [2.45, 2.75) is 39.2 Å². The van der Waals surface area contributed by atoms with Crippen molar-refractivity contribution in [3.63, 3.8) is 0 Å². The first kappa shape index (κ1) is 15.0. The number of hydrogen-bond acceptors (Lipinski definition) is 4. The van der Waals surface area contributed by atoms with Crippen molar-refractivity contribution in [1.82, 2.24) is 4.90 Å². The van der Waals surface area contributed by atoms with Gasteiger partial charge in [0.25, 0.3) is 0 Å². The highest BCUT2D eigenvalue weighted by Crippen LogP contribution is 2.27. The second-order valence-corrected chi connectivity index (χ2v) is 6.20. The Morgan fingerprint density at radius 3 is 2.40 bits per heavy atom. The number of aliphatic imine (C=N–C) groups is 1. The average molecular weight is 282 g/mol. The zero-order valence-corrected chi connectivity index (χ0v) is 12.3. The summed E-state index contributed by atoms with van der Waals surface area (Å²) in [6.07, 6.45) is 0.565. The van der Waals surface area contributed by atoms with Gasteiger partial charge in [-0.1, -0.05) is 0 Å². The van der Waals surface area contributed by atoms with Gasteiger partial charge in [-0.05, 0) is 33.6 Å². The summed E-state index contributed by atoms with van der Waals surface area (Å²) in [5.74, 6) is 0.116. The van der Waals surface area contributed by atoms with Gasteiger partial charge in [0, 0.05) is 24.7 Å². The van der Waals surface area contributed by atoms with E-state index in [1.54, 1.807) is 20.8 Å². The molecule has 1 saturated heterocycles. The molecule has 2 amide bonds. The van der Waals surface area contributed by atoms with Gasteiger partial charge in [0.2, 0.25) is 5.91 Å². The highest BCUT2D eigenvalue weighted by Gasteiger charge is 2.35. The van der Waals surface area contributed by atoms with Crippen molar-refractivity contribution in [2.75, 3.05) is 26.3 Å². The molecule has 1 aliphatic carbocycles. The van der Waals surface area contributed by atoms with E-state index in [2.05, 4.69) is 4.99 Å². The maximum Gasteiger partial charge on any atom is 0.434 e. The third-order valence-corrected chi connectivity index (χ3v) is 3.28. The van der Waals surface area contributed by atoms with Crippen LogP contribution in [0.4, 0.5) is 4.79 Å². The first-order chi connectivity index (χ1) is 9.35. The van der Waals surface area contributed by atoms with E-state index in [1.165, 1.54) is 0 Å². The van der Waals surface area contributed by atoms with Gasteiger partial charge in [0.15, 0.2) is 0 Å². The van der Waals surface area contributed by atoms with Crippen molar-refractivity contribution in [3.05, 3.63) is 0 Å². The summed E-state index contributed by atoms with van der Waals surface area (Å²) < 4.78 is 10.3. The maximum atomic E-state index is 12.1. The molecular weight excluding hydrogens is 260 g/mol. The molecule has 1 heterocycles. The minimum atomic E-state index is -0.565. The van der Waals surface area contributed by atoms with E-state index in [0.717, 1.165) is 5.71 Å². The van der Waals surface area contributed by atoms with Crippen molar-refractivity contribution in [1.29, 1.82) is 0 Å². The average Bonchev–Trinajstić information content (AvgIpc) is 2.31. The predicted molar refractivity (Wildman–Crippen MR) is 73.8 cm³/mol. The monoisotopic (exact) mass is 282 g/mol. The van der Waals surface area contributed by atoms with E-state index >= 15 is 0 Å². The second kappa shape index (κ2) is 5.91. The fraction of sp³-hybridized carbons (Fsp3) is 0.786. The van der Waals surface area contributed by atoms with Gasteiger partial charge in [-0.25, -0.2) is 4.79 Å². The van der Waals surface area contributed by atoms with E-state index in [9.17, 15) is 9.59 Å². The quantitative estimate of drug-likeness (QED) is 0.733. The van der Waals surface area contributed by atoms with Crippen molar-refractivity contribution >= 4 is 17.7 Å². The molecule has 2 rings (SSSR count). The van der Waals surface area contributed by atoms with Gasteiger partial charge in [-0.2, -0.15) is 4.99 Å². The third-order valence-electron chi connectivity index (χ3n) is 3.28. The van der Waals surface area contributed by atoms with Crippen LogP contribution in [0.15, 0.2) is 4.99 Å². The molecule has 0 aromatic rings. The number of rotatable bonds is 1. The first-order valence-corrected chi connectivity index (χ1v) is 7.01. The van der Waals surface area contributed by atoms with Crippen LogP contribution < -0.4 is 0 Å². The van der Waals surface area contributed by atoms with Crippen LogP contribution in [0.2, 0.25) is 0 Å². The highest BCUT2D eigenvalue weighted by atomic mass is 16.6. The summed E-state index contributed by atoms with van der Waals surface area (Å²) in [6, 6.07) is 0. The molecular formula is C14H22N2O4. The molecule has 0 aromatic carbocycles. The molecule has 0 radical (unpaired) electrons. The van der Waals surface area contributed by atoms with Crippen LogP contribution in [-0.2, 0) is 14.3 Å². The summed E-state index contributed by atoms with van der Waals surface area (Å²) >= 11 is 0.